The zero-order valence-electron chi connectivity index (χ0n) is 14.3. The molecule has 3 heteroatoms. The fourth-order valence-electron chi connectivity index (χ4n) is 3.04. The van der Waals surface area contributed by atoms with Gasteiger partial charge in [0.15, 0.2) is 0 Å². The van der Waals surface area contributed by atoms with Crippen LogP contribution in [0.2, 0.25) is 0 Å². The summed E-state index contributed by atoms with van der Waals surface area (Å²) >= 11 is 0. The summed E-state index contributed by atoms with van der Waals surface area (Å²) in [5, 5.41) is 0. The highest BCUT2D eigenvalue weighted by molar-refractivity contribution is 5.65. The van der Waals surface area contributed by atoms with E-state index in [2.05, 4.69) is 56.0 Å². The highest BCUT2D eigenvalue weighted by atomic mass is 16.5. The molecule has 1 unspecified atom stereocenters. The van der Waals surface area contributed by atoms with Gasteiger partial charge < -0.3 is 15.4 Å². The molecule has 0 saturated heterocycles. The van der Waals surface area contributed by atoms with Crippen LogP contribution in [0, 0.1) is 0 Å². The third kappa shape index (κ3) is 3.44. The SMILES string of the molecule is CCC1CN(Cc2ccc(C(C)C)cc2)c2ccc(N)cc2O1. The standard InChI is InChI=1S/C20H26N2O/c1-4-18-13-22(19-10-9-17(21)11-20(19)23-18)12-15-5-7-16(8-6-15)14(2)3/h5-11,14,18H,4,12-13,21H2,1-3H3. The van der Waals surface area contributed by atoms with E-state index in [1.807, 2.05) is 12.1 Å². The smallest absolute Gasteiger partial charge is 0.145 e. The maximum Gasteiger partial charge on any atom is 0.145 e. The molecule has 0 saturated carbocycles. The first-order valence-corrected chi connectivity index (χ1v) is 8.46. The van der Waals surface area contributed by atoms with Gasteiger partial charge in [0.25, 0.3) is 0 Å². The van der Waals surface area contributed by atoms with Crippen molar-refractivity contribution in [2.24, 2.45) is 0 Å². The topological polar surface area (TPSA) is 38.5 Å². The van der Waals surface area contributed by atoms with Crippen molar-refractivity contribution in [3.05, 3.63) is 53.6 Å². The fourth-order valence-corrected chi connectivity index (χ4v) is 3.04. The second-order valence-electron chi connectivity index (χ2n) is 6.65. The van der Waals surface area contributed by atoms with Gasteiger partial charge in [0.2, 0.25) is 0 Å². The van der Waals surface area contributed by atoms with E-state index in [1.165, 1.54) is 11.1 Å². The van der Waals surface area contributed by atoms with Crippen LogP contribution >= 0.6 is 0 Å². The van der Waals surface area contributed by atoms with Crippen molar-refractivity contribution in [3.8, 4) is 5.75 Å². The molecule has 0 radical (unpaired) electrons. The summed E-state index contributed by atoms with van der Waals surface area (Å²) in [7, 11) is 0. The van der Waals surface area contributed by atoms with Crippen LogP contribution in [0.5, 0.6) is 5.75 Å². The summed E-state index contributed by atoms with van der Waals surface area (Å²) in [5.74, 6) is 1.47. The van der Waals surface area contributed by atoms with Gasteiger partial charge in [-0.15, -0.1) is 0 Å². The Kier molecular flexibility index (Phi) is 4.46. The van der Waals surface area contributed by atoms with Crippen molar-refractivity contribution in [3.63, 3.8) is 0 Å². The van der Waals surface area contributed by atoms with Crippen molar-refractivity contribution >= 4 is 11.4 Å². The molecule has 0 fully saturated rings. The predicted octanol–water partition coefficient (Wildman–Crippen LogP) is 4.57. The number of hydrogen-bond acceptors (Lipinski definition) is 3. The maximum absolute atomic E-state index is 6.06. The number of ether oxygens (including phenoxy) is 1. The van der Waals surface area contributed by atoms with Crippen molar-refractivity contribution in [2.45, 2.75) is 45.8 Å². The lowest BCUT2D eigenvalue weighted by Crippen LogP contribution is -2.39. The first-order valence-electron chi connectivity index (χ1n) is 8.46. The van der Waals surface area contributed by atoms with E-state index in [1.54, 1.807) is 0 Å². The summed E-state index contributed by atoms with van der Waals surface area (Å²) in [6.45, 7) is 8.43. The maximum atomic E-state index is 6.06. The third-order valence-electron chi connectivity index (χ3n) is 4.52. The van der Waals surface area contributed by atoms with Crippen LogP contribution in [0.15, 0.2) is 42.5 Å². The Morgan fingerprint density at radius 3 is 2.57 bits per heavy atom. The Bertz CT molecular complexity index is 664. The molecule has 2 N–H and O–H groups in total. The number of nitrogen functional groups attached to an aromatic ring is 1. The van der Waals surface area contributed by atoms with Gasteiger partial charge in [0.1, 0.15) is 11.9 Å². The molecule has 1 aliphatic heterocycles. The summed E-state index contributed by atoms with van der Waals surface area (Å²) < 4.78 is 6.06. The molecule has 1 aliphatic rings. The summed E-state index contributed by atoms with van der Waals surface area (Å²) in [6, 6.07) is 14.9. The van der Waals surface area contributed by atoms with Gasteiger partial charge >= 0.3 is 0 Å². The van der Waals surface area contributed by atoms with Gasteiger partial charge in [-0.1, -0.05) is 45.0 Å². The Balaban J connectivity index is 1.84. The Hall–Kier alpha value is -2.16. The molecule has 0 aliphatic carbocycles. The van der Waals surface area contributed by atoms with Gasteiger partial charge in [-0.25, -0.2) is 0 Å². The molecule has 23 heavy (non-hydrogen) atoms. The lowest BCUT2D eigenvalue weighted by Gasteiger charge is -2.36. The number of hydrogen-bond donors (Lipinski definition) is 1. The minimum Gasteiger partial charge on any atom is -0.486 e. The number of fused-ring (bicyclic) bond motifs is 1. The number of benzene rings is 2. The second kappa shape index (κ2) is 6.53. The summed E-state index contributed by atoms with van der Waals surface area (Å²) in [4.78, 5) is 2.40. The van der Waals surface area contributed by atoms with E-state index in [0.717, 1.165) is 36.6 Å². The zero-order chi connectivity index (χ0) is 16.4. The average molecular weight is 310 g/mol. The minimum atomic E-state index is 0.222. The van der Waals surface area contributed by atoms with Crippen LogP contribution in [0.3, 0.4) is 0 Å². The van der Waals surface area contributed by atoms with E-state index >= 15 is 0 Å². The monoisotopic (exact) mass is 310 g/mol. The molecule has 3 rings (SSSR count). The summed E-state index contributed by atoms with van der Waals surface area (Å²) in [6.07, 6.45) is 1.22. The Labute approximate surface area is 139 Å². The predicted molar refractivity (Wildman–Crippen MR) is 97.1 cm³/mol. The quantitative estimate of drug-likeness (QED) is 0.841. The molecule has 1 atom stereocenters. The molecule has 2 aromatic carbocycles. The molecule has 1 heterocycles. The van der Waals surface area contributed by atoms with Crippen LogP contribution in [0.4, 0.5) is 11.4 Å². The first-order chi connectivity index (χ1) is 11.1. The lowest BCUT2D eigenvalue weighted by atomic mass is 10.0. The molecule has 0 amide bonds. The molecule has 0 aromatic heterocycles. The third-order valence-corrected chi connectivity index (χ3v) is 4.52. The van der Waals surface area contributed by atoms with Gasteiger partial charge in [0, 0.05) is 18.3 Å². The van der Waals surface area contributed by atoms with Gasteiger partial charge in [-0.3, -0.25) is 0 Å². The lowest BCUT2D eigenvalue weighted by molar-refractivity contribution is 0.189. The Morgan fingerprint density at radius 1 is 1.17 bits per heavy atom. The fraction of sp³-hybridized carbons (Fsp3) is 0.400. The molecular formula is C20H26N2O. The zero-order valence-corrected chi connectivity index (χ0v) is 14.3. The van der Waals surface area contributed by atoms with E-state index in [9.17, 15) is 0 Å². The van der Waals surface area contributed by atoms with Crippen LogP contribution in [0.25, 0.3) is 0 Å². The van der Waals surface area contributed by atoms with Gasteiger partial charge in [-0.2, -0.15) is 0 Å². The highest BCUT2D eigenvalue weighted by Gasteiger charge is 2.24. The van der Waals surface area contributed by atoms with Crippen LogP contribution in [-0.2, 0) is 6.54 Å². The average Bonchev–Trinajstić information content (AvgIpc) is 2.54. The molecule has 122 valence electrons. The van der Waals surface area contributed by atoms with Crippen molar-refractivity contribution in [2.75, 3.05) is 17.2 Å². The van der Waals surface area contributed by atoms with Gasteiger partial charge in [0.05, 0.1) is 12.2 Å². The number of anilines is 2. The molecule has 3 nitrogen and oxygen atoms in total. The largest absolute Gasteiger partial charge is 0.486 e. The number of nitrogens with two attached hydrogens (primary N) is 1. The second-order valence-corrected chi connectivity index (χ2v) is 6.65. The van der Waals surface area contributed by atoms with E-state index in [4.69, 9.17) is 10.5 Å². The van der Waals surface area contributed by atoms with E-state index in [-0.39, 0.29) is 6.10 Å². The van der Waals surface area contributed by atoms with E-state index < -0.39 is 0 Å². The minimum absolute atomic E-state index is 0.222. The normalized spacial score (nSPS) is 17.0. The molecule has 0 bridgehead atoms. The number of rotatable bonds is 4. The van der Waals surface area contributed by atoms with Gasteiger partial charge in [-0.05, 0) is 35.6 Å². The molecular weight excluding hydrogens is 284 g/mol. The van der Waals surface area contributed by atoms with Crippen molar-refractivity contribution in [1.82, 2.24) is 0 Å². The Morgan fingerprint density at radius 2 is 1.91 bits per heavy atom. The molecule has 0 spiro atoms. The van der Waals surface area contributed by atoms with Crippen molar-refractivity contribution in [1.29, 1.82) is 0 Å². The van der Waals surface area contributed by atoms with Crippen LogP contribution in [0.1, 0.15) is 44.2 Å². The molecule has 2 aromatic rings. The number of nitrogens with zero attached hydrogens (tertiary/aromatic N) is 1. The highest BCUT2D eigenvalue weighted by Crippen LogP contribution is 2.36. The summed E-state index contributed by atoms with van der Waals surface area (Å²) in [5.41, 5.74) is 10.5. The van der Waals surface area contributed by atoms with E-state index in [0.29, 0.717) is 5.92 Å². The van der Waals surface area contributed by atoms with Crippen LogP contribution in [-0.4, -0.2) is 12.6 Å². The van der Waals surface area contributed by atoms with Crippen LogP contribution < -0.4 is 15.4 Å². The first kappa shape index (κ1) is 15.7. The van der Waals surface area contributed by atoms with Crippen molar-refractivity contribution < 1.29 is 4.74 Å².